The summed E-state index contributed by atoms with van der Waals surface area (Å²) in [6.07, 6.45) is 0. The number of benzene rings is 2. The van der Waals surface area contributed by atoms with Crippen molar-refractivity contribution in [2.75, 3.05) is 0 Å². The molecule has 3 aromatic rings. The van der Waals surface area contributed by atoms with Gasteiger partial charge in [0.2, 0.25) is 5.91 Å². The van der Waals surface area contributed by atoms with Crippen LogP contribution in [0.2, 0.25) is 0 Å². The molecular weight excluding hydrogens is 254 g/mol. The molecule has 0 atom stereocenters. The molecule has 0 saturated heterocycles. The van der Waals surface area contributed by atoms with Gasteiger partial charge in [-0.1, -0.05) is 18.2 Å². The molecule has 0 fully saturated rings. The second-order valence-corrected chi connectivity index (χ2v) is 4.68. The standard InChI is InChI=1S/C15H13N3O2/c1-9-5-6-12-13(7-9)18(20)15(17-12)11-4-2-3-10(8-11)14(16)19/h2-8,20H,1H3,(H2,16,19). The molecule has 100 valence electrons. The summed E-state index contributed by atoms with van der Waals surface area (Å²) in [6.45, 7) is 1.94. The van der Waals surface area contributed by atoms with Crippen LogP contribution in [-0.4, -0.2) is 20.8 Å². The van der Waals surface area contributed by atoms with E-state index in [1.165, 1.54) is 0 Å². The average molecular weight is 267 g/mol. The van der Waals surface area contributed by atoms with Crippen molar-refractivity contribution in [3.8, 4) is 11.4 Å². The van der Waals surface area contributed by atoms with Gasteiger partial charge in [-0.3, -0.25) is 4.79 Å². The molecule has 20 heavy (non-hydrogen) atoms. The molecule has 0 aliphatic rings. The van der Waals surface area contributed by atoms with E-state index in [0.717, 1.165) is 10.3 Å². The van der Waals surface area contributed by atoms with Crippen LogP contribution < -0.4 is 5.73 Å². The van der Waals surface area contributed by atoms with Crippen LogP contribution in [0.5, 0.6) is 0 Å². The lowest BCUT2D eigenvalue weighted by Gasteiger charge is -2.02. The van der Waals surface area contributed by atoms with Crippen LogP contribution in [0.15, 0.2) is 42.5 Å². The zero-order chi connectivity index (χ0) is 14.3. The summed E-state index contributed by atoms with van der Waals surface area (Å²) in [5, 5.41) is 10.2. The quantitative estimate of drug-likeness (QED) is 0.699. The van der Waals surface area contributed by atoms with E-state index < -0.39 is 5.91 Å². The van der Waals surface area contributed by atoms with E-state index in [1.54, 1.807) is 24.3 Å². The van der Waals surface area contributed by atoms with Gasteiger partial charge in [0.15, 0.2) is 5.82 Å². The lowest BCUT2D eigenvalue weighted by Crippen LogP contribution is -2.10. The van der Waals surface area contributed by atoms with Crippen molar-refractivity contribution in [1.82, 2.24) is 9.71 Å². The van der Waals surface area contributed by atoms with Crippen molar-refractivity contribution in [2.45, 2.75) is 6.92 Å². The molecule has 0 aliphatic carbocycles. The molecule has 0 saturated carbocycles. The van der Waals surface area contributed by atoms with Gasteiger partial charge in [0.25, 0.3) is 0 Å². The molecule has 1 amide bonds. The first-order valence-corrected chi connectivity index (χ1v) is 6.15. The summed E-state index contributed by atoms with van der Waals surface area (Å²) >= 11 is 0. The number of amides is 1. The summed E-state index contributed by atoms with van der Waals surface area (Å²) in [5.74, 6) is -0.128. The number of primary amides is 1. The Hall–Kier alpha value is -2.82. The van der Waals surface area contributed by atoms with Gasteiger partial charge >= 0.3 is 0 Å². The smallest absolute Gasteiger partial charge is 0.248 e. The fourth-order valence-electron chi connectivity index (χ4n) is 2.17. The first-order chi connectivity index (χ1) is 9.56. The van der Waals surface area contributed by atoms with Gasteiger partial charge in [0, 0.05) is 11.1 Å². The number of nitrogens with two attached hydrogens (primary N) is 1. The van der Waals surface area contributed by atoms with E-state index in [4.69, 9.17) is 5.73 Å². The second kappa shape index (κ2) is 4.38. The van der Waals surface area contributed by atoms with Crippen molar-refractivity contribution in [1.29, 1.82) is 0 Å². The third-order valence-corrected chi connectivity index (χ3v) is 3.19. The molecule has 5 heteroatoms. The average Bonchev–Trinajstić information content (AvgIpc) is 2.76. The van der Waals surface area contributed by atoms with Crippen LogP contribution >= 0.6 is 0 Å². The van der Waals surface area contributed by atoms with Gasteiger partial charge < -0.3 is 10.9 Å². The molecule has 0 radical (unpaired) electrons. The number of fused-ring (bicyclic) bond motifs is 1. The summed E-state index contributed by atoms with van der Waals surface area (Å²) in [4.78, 5) is 15.6. The first-order valence-electron chi connectivity index (χ1n) is 6.15. The third kappa shape index (κ3) is 1.89. The number of hydrogen-bond donors (Lipinski definition) is 2. The number of aryl methyl sites for hydroxylation is 1. The fraction of sp³-hybridized carbons (Fsp3) is 0.0667. The maximum Gasteiger partial charge on any atom is 0.248 e. The normalized spacial score (nSPS) is 10.8. The van der Waals surface area contributed by atoms with Gasteiger partial charge in [-0.05, 0) is 36.8 Å². The Morgan fingerprint density at radius 3 is 2.80 bits per heavy atom. The Morgan fingerprint density at radius 1 is 1.25 bits per heavy atom. The number of nitrogens with zero attached hydrogens (tertiary/aromatic N) is 2. The zero-order valence-corrected chi connectivity index (χ0v) is 10.9. The maximum absolute atomic E-state index is 11.2. The minimum absolute atomic E-state index is 0.380. The highest BCUT2D eigenvalue weighted by Gasteiger charge is 2.13. The fourth-order valence-corrected chi connectivity index (χ4v) is 2.17. The molecule has 0 bridgehead atoms. The summed E-state index contributed by atoms with van der Waals surface area (Å²) in [5.41, 5.74) is 8.64. The van der Waals surface area contributed by atoms with E-state index in [2.05, 4.69) is 4.98 Å². The lowest BCUT2D eigenvalue weighted by molar-refractivity contribution is 0.100. The Bertz CT molecular complexity index is 821. The molecule has 0 unspecified atom stereocenters. The van der Waals surface area contributed by atoms with Gasteiger partial charge in [-0.2, -0.15) is 4.73 Å². The third-order valence-electron chi connectivity index (χ3n) is 3.19. The van der Waals surface area contributed by atoms with Crippen molar-refractivity contribution in [2.24, 2.45) is 5.73 Å². The van der Waals surface area contributed by atoms with Crippen LogP contribution in [0.25, 0.3) is 22.4 Å². The summed E-state index contributed by atoms with van der Waals surface area (Å²) in [6, 6.07) is 12.3. The molecule has 3 rings (SSSR count). The number of carbonyl (C=O) groups excluding carboxylic acids is 1. The van der Waals surface area contributed by atoms with Crippen LogP contribution in [-0.2, 0) is 0 Å². The highest BCUT2D eigenvalue weighted by molar-refractivity contribution is 5.94. The van der Waals surface area contributed by atoms with E-state index in [0.29, 0.717) is 28.0 Å². The van der Waals surface area contributed by atoms with E-state index in [-0.39, 0.29) is 0 Å². The summed E-state index contributed by atoms with van der Waals surface area (Å²) < 4.78 is 1.03. The van der Waals surface area contributed by atoms with Crippen LogP contribution in [0.4, 0.5) is 0 Å². The summed E-state index contributed by atoms with van der Waals surface area (Å²) in [7, 11) is 0. The monoisotopic (exact) mass is 267 g/mol. The Morgan fingerprint density at radius 2 is 2.05 bits per heavy atom. The predicted molar refractivity (Wildman–Crippen MR) is 75.6 cm³/mol. The van der Waals surface area contributed by atoms with Crippen LogP contribution in [0.1, 0.15) is 15.9 Å². The largest absolute Gasteiger partial charge is 0.426 e. The molecule has 1 heterocycles. The van der Waals surface area contributed by atoms with E-state index in [1.807, 2.05) is 25.1 Å². The Balaban J connectivity index is 2.22. The highest BCUT2D eigenvalue weighted by atomic mass is 16.5. The number of carbonyl (C=O) groups is 1. The minimum Gasteiger partial charge on any atom is -0.426 e. The lowest BCUT2D eigenvalue weighted by atomic mass is 10.1. The van der Waals surface area contributed by atoms with Gasteiger partial charge in [-0.25, -0.2) is 4.98 Å². The Kier molecular flexibility index (Phi) is 2.68. The minimum atomic E-state index is -0.511. The highest BCUT2D eigenvalue weighted by Crippen LogP contribution is 2.24. The van der Waals surface area contributed by atoms with Crippen molar-refractivity contribution < 1.29 is 10.0 Å². The Labute approximate surface area is 115 Å². The first kappa shape index (κ1) is 12.2. The van der Waals surface area contributed by atoms with Gasteiger partial charge in [0.05, 0.1) is 5.52 Å². The van der Waals surface area contributed by atoms with Crippen molar-refractivity contribution in [3.63, 3.8) is 0 Å². The SMILES string of the molecule is Cc1ccc2nc(-c3cccc(C(N)=O)c3)n(O)c2c1. The van der Waals surface area contributed by atoms with E-state index in [9.17, 15) is 10.0 Å². The van der Waals surface area contributed by atoms with Crippen molar-refractivity contribution >= 4 is 16.9 Å². The molecular formula is C15H13N3O2. The molecule has 0 spiro atoms. The van der Waals surface area contributed by atoms with Gasteiger partial charge in [0.1, 0.15) is 5.52 Å². The molecule has 3 N–H and O–H groups in total. The molecule has 2 aromatic carbocycles. The topological polar surface area (TPSA) is 81.1 Å². The number of aromatic nitrogens is 2. The molecule has 1 aromatic heterocycles. The van der Waals surface area contributed by atoms with Crippen LogP contribution in [0, 0.1) is 6.92 Å². The van der Waals surface area contributed by atoms with Crippen LogP contribution in [0.3, 0.4) is 0 Å². The number of imidazole rings is 1. The molecule has 0 aliphatic heterocycles. The predicted octanol–water partition coefficient (Wildman–Crippen LogP) is 2.35. The van der Waals surface area contributed by atoms with Crippen molar-refractivity contribution in [3.05, 3.63) is 53.6 Å². The van der Waals surface area contributed by atoms with Gasteiger partial charge in [-0.15, -0.1) is 0 Å². The number of hydrogen-bond acceptors (Lipinski definition) is 3. The maximum atomic E-state index is 11.2. The zero-order valence-electron chi connectivity index (χ0n) is 10.9. The second-order valence-electron chi connectivity index (χ2n) is 4.68. The molecule has 5 nitrogen and oxygen atoms in total. The van der Waals surface area contributed by atoms with E-state index >= 15 is 0 Å². The number of rotatable bonds is 2.